The molecule has 0 amide bonds. The molecule has 0 aliphatic heterocycles. The summed E-state index contributed by atoms with van der Waals surface area (Å²) in [6.07, 6.45) is 5.83. The minimum atomic E-state index is 0.197. The quantitative estimate of drug-likeness (QED) is 0.753. The van der Waals surface area contributed by atoms with Crippen LogP contribution < -0.4 is 5.32 Å². The van der Waals surface area contributed by atoms with Crippen LogP contribution in [0.15, 0.2) is 41.2 Å². The van der Waals surface area contributed by atoms with Gasteiger partial charge in [0.1, 0.15) is 0 Å². The van der Waals surface area contributed by atoms with E-state index in [-0.39, 0.29) is 6.04 Å². The first-order chi connectivity index (χ1) is 11.3. The lowest BCUT2D eigenvalue weighted by molar-refractivity contribution is 0.371. The summed E-state index contributed by atoms with van der Waals surface area (Å²) < 4.78 is 7.00. The zero-order valence-corrected chi connectivity index (χ0v) is 12.9. The predicted octanol–water partition coefficient (Wildman–Crippen LogP) is 2.38. The Morgan fingerprint density at radius 3 is 2.83 bits per heavy atom. The zero-order valence-electron chi connectivity index (χ0n) is 12.9. The monoisotopic (exact) mass is 310 g/mol. The summed E-state index contributed by atoms with van der Waals surface area (Å²) in [6.45, 7) is 2.72. The van der Waals surface area contributed by atoms with Gasteiger partial charge < -0.3 is 9.84 Å². The summed E-state index contributed by atoms with van der Waals surface area (Å²) in [6, 6.07) is 8.42. The SMILES string of the molecule is C[C@@H](NCc1noc(C2CC2)n1)c1ccc(-n2ccnn2)cc1. The van der Waals surface area contributed by atoms with Crippen LogP contribution in [0.4, 0.5) is 0 Å². The Morgan fingerprint density at radius 2 is 2.13 bits per heavy atom. The van der Waals surface area contributed by atoms with Crippen molar-refractivity contribution < 1.29 is 4.52 Å². The second-order valence-corrected chi connectivity index (χ2v) is 5.86. The van der Waals surface area contributed by atoms with Gasteiger partial charge in [-0.2, -0.15) is 4.98 Å². The molecule has 0 saturated heterocycles. The van der Waals surface area contributed by atoms with Gasteiger partial charge >= 0.3 is 0 Å². The van der Waals surface area contributed by atoms with Gasteiger partial charge in [0, 0.05) is 12.0 Å². The van der Waals surface area contributed by atoms with E-state index in [1.165, 1.54) is 18.4 Å². The minimum Gasteiger partial charge on any atom is -0.339 e. The van der Waals surface area contributed by atoms with Gasteiger partial charge in [-0.3, -0.25) is 0 Å². The fraction of sp³-hybridized carbons (Fsp3) is 0.375. The molecule has 0 radical (unpaired) electrons. The summed E-state index contributed by atoms with van der Waals surface area (Å²) >= 11 is 0. The molecular weight excluding hydrogens is 292 g/mol. The average molecular weight is 310 g/mol. The smallest absolute Gasteiger partial charge is 0.229 e. The Kier molecular flexibility index (Phi) is 3.63. The van der Waals surface area contributed by atoms with Crippen molar-refractivity contribution in [2.75, 3.05) is 0 Å². The van der Waals surface area contributed by atoms with Crippen LogP contribution in [-0.2, 0) is 6.54 Å². The molecule has 1 saturated carbocycles. The van der Waals surface area contributed by atoms with Crippen LogP contribution in [0, 0.1) is 0 Å². The molecule has 118 valence electrons. The maximum Gasteiger partial charge on any atom is 0.229 e. The standard InChI is InChI=1S/C16H18N6O/c1-11(17-10-15-19-16(23-20-15)13-2-3-13)12-4-6-14(7-5-12)22-9-8-18-21-22/h4-9,11,13,17H,2-3,10H2,1H3/t11-/m1/s1. The van der Waals surface area contributed by atoms with Gasteiger partial charge in [-0.1, -0.05) is 22.5 Å². The van der Waals surface area contributed by atoms with E-state index in [1.54, 1.807) is 10.9 Å². The van der Waals surface area contributed by atoms with Crippen LogP contribution >= 0.6 is 0 Å². The first-order valence-corrected chi connectivity index (χ1v) is 7.82. The molecule has 0 bridgehead atoms. The molecule has 3 aromatic rings. The number of nitrogens with zero attached hydrogens (tertiary/aromatic N) is 5. The lowest BCUT2D eigenvalue weighted by atomic mass is 10.1. The van der Waals surface area contributed by atoms with Gasteiger partial charge in [0.2, 0.25) is 5.89 Å². The van der Waals surface area contributed by atoms with Gasteiger partial charge in [0.05, 0.1) is 24.6 Å². The number of rotatable bonds is 6. The Morgan fingerprint density at radius 1 is 1.30 bits per heavy atom. The van der Waals surface area contributed by atoms with Gasteiger partial charge in [0.15, 0.2) is 5.82 Å². The van der Waals surface area contributed by atoms with E-state index in [0.29, 0.717) is 12.5 Å². The second-order valence-electron chi connectivity index (χ2n) is 5.86. The number of aromatic nitrogens is 5. The number of hydrogen-bond acceptors (Lipinski definition) is 6. The van der Waals surface area contributed by atoms with Crippen LogP contribution in [0.2, 0.25) is 0 Å². The van der Waals surface area contributed by atoms with Crippen molar-refractivity contribution in [3.05, 3.63) is 53.9 Å². The van der Waals surface area contributed by atoms with Crippen molar-refractivity contribution in [1.29, 1.82) is 0 Å². The van der Waals surface area contributed by atoms with E-state index in [0.717, 1.165) is 17.4 Å². The average Bonchev–Trinajstić information content (AvgIpc) is 3.11. The van der Waals surface area contributed by atoms with Crippen LogP contribution in [0.5, 0.6) is 0 Å². The molecule has 23 heavy (non-hydrogen) atoms. The number of hydrogen-bond donors (Lipinski definition) is 1. The van der Waals surface area contributed by atoms with E-state index in [1.807, 2.05) is 18.3 Å². The fourth-order valence-corrected chi connectivity index (χ4v) is 2.46. The first-order valence-electron chi connectivity index (χ1n) is 7.82. The van der Waals surface area contributed by atoms with Crippen molar-refractivity contribution in [3.8, 4) is 5.69 Å². The van der Waals surface area contributed by atoms with Crippen LogP contribution in [0.25, 0.3) is 5.69 Å². The third-order valence-electron chi connectivity index (χ3n) is 4.06. The Labute approximate surface area is 133 Å². The highest BCUT2D eigenvalue weighted by molar-refractivity contribution is 5.34. The van der Waals surface area contributed by atoms with Crippen molar-refractivity contribution in [1.82, 2.24) is 30.5 Å². The molecule has 1 aliphatic carbocycles. The lowest BCUT2D eigenvalue weighted by Gasteiger charge is -2.13. The molecule has 0 unspecified atom stereocenters. The highest BCUT2D eigenvalue weighted by atomic mass is 16.5. The molecule has 1 fully saturated rings. The third kappa shape index (κ3) is 3.14. The zero-order chi connectivity index (χ0) is 15.6. The van der Waals surface area contributed by atoms with Gasteiger partial charge in [-0.15, -0.1) is 5.10 Å². The minimum absolute atomic E-state index is 0.197. The molecule has 7 heteroatoms. The topological polar surface area (TPSA) is 81.7 Å². The summed E-state index contributed by atoms with van der Waals surface area (Å²) in [4.78, 5) is 4.43. The highest BCUT2D eigenvalue weighted by Crippen LogP contribution is 2.38. The molecule has 1 atom stereocenters. The fourth-order valence-electron chi connectivity index (χ4n) is 2.46. The van der Waals surface area contributed by atoms with Crippen LogP contribution in [-0.4, -0.2) is 25.1 Å². The molecule has 2 aromatic heterocycles. The summed E-state index contributed by atoms with van der Waals surface area (Å²) in [5, 5.41) is 15.2. The normalized spacial score (nSPS) is 15.7. The summed E-state index contributed by atoms with van der Waals surface area (Å²) in [5.41, 5.74) is 2.19. The van der Waals surface area contributed by atoms with Crippen molar-refractivity contribution in [3.63, 3.8) is 0 Å². The van der Waals surface area contributed by atoms with E-state index in [9.17, 15) is 0 Å². The van der Waals surface area contributed by atoms with Gasteiger partial charge in [0.25, 0.3) is 0 Å². The van der Waals surface area contributed by atoms with E-state index in [2.05, 4.69) is 44.8 Å². The van der Waals surface area contributed by atoms with Gasteiger partial charge in [-0.25, -0.2) is 4.68 Å². The second kappa shape index (κ2) is 5.92. The largest absolute Gasteiger partial charge is 0.339 e. The molecule has 7 nitrogen and oxygen atoms in total. The Bertz CT molecular complexity index is 760. The molecule has 2 heterocycles. The molecule has 0 spiro atoms. The maximum atomic E-state index is 5.27. The van der Waals surface area contributed by atoms with Gasteiger partial charge in [-0.05, 0) is 37.5 Å². The number of nitrogens with one attached hydrogen (secondary N) is 1. The van der Waals surface area contributed by atoms with Crippen molar-refractivity contribution >= 4 is 0 Å². The predicted molar refractivity (Wildman–Crippen MR) is 82.9 cm³/mol. The first kappa shape index (κ1) is 14.1. The van der Waals surface area contributed by atoms with E-state index >= 15 is 0 Å². The molecule has 1 N–H and O–H groups in total. The van der Waals surface area contributed by atoms with Crippen molar-refractivity contribution in [2.45, 2.75) is 38.3 Å². The highest BCUT2D eigenvalue weighted by Gasteiger charge is 2.29. The summed E-state index contributed by atoms with van der Waals surface area (Å²) in [7, 11) is 0. The molecule has 1 aromatic carbocycles. The Balaban J connectivity index is 1.37. The maximum absolute atomic E-state index is 5.27. The van der Waals surface area contributed by atoms with Crippen LogP contribution in [0.1, 0.15) is 49.0 Å². The van der Waals surface area contributed by atoms with Crippen LogP contribution in [0.3, 0.4) is 0 Å². The summed E-state index contributed by atoms with van der Waals surface area (Å²) in [5.74, 6) is 2.00. The molecule has 1 aliphatic rings. The lowest BCUT2D eigenvalue weighted by Crippen LogP contribution is -2.18. The third-order valence-corrected chi connectivity index (χ3v) is 4.06. The molecular formula is C16H18N6O. The van der Waals surface area contributed by atoms with E-state index < -0.39 is 0 Å². The molecule has 4 rings (SSSR count). The van der Waals surface area contributed by atoms with Crippen molar-refractivity contribution in [2.24, 2.45) is 0 Å². The van der Waals surface area contributed by atoms with E-state index in [4.69, 9.17) is 4.52 Å². The number of benzene rings is 1. The Hall–Kier alpha value is -2.54.